The molecule has 1 fully saturated rings. The molecule has 2 aromatic carbocycles. The molecule has 134 valence electrons. The maximum Gasteiger partial charge on any atom is 0.421 e. The normalized spacial score (nSPS) is 18.0. The van der Waals surface area contributed by atoms with Crippen molar-refractivity contribution in [1.82, 2.24) is 0 Å². The van der Waals surface area contributed by atoms with Gasteiger partial charge in [-0.3, -0.25) is 0 Å². The highest BCUT2D eigenvalue weighted by Gasteiger charge is 2.51. The minimum Gasteiger partial charge on any atom is -0.376 e. The van der Waals surface area contributed by atoms with Gasteiger partial charge in [0.2, 0.25) is 9.84 Å². The first-order chi connectivity index (χ1) is 11.5. The fourth-order valence-corrected chi connectivity index (χ4v) is 4.26. The van der Waals surface area contributed by atoms with Crippen molar-refractivity contribution < 1.29 is 26.7 Å². The van der Waals surface area contributed by atoms with E-state index in [0.717, 1.165) is 42.7 Å². The average Bonchev–Trinajstić information content (AvgIpc) is 3.39. The summed E-state index contributed by atoms with van der Waals surface area (Å²) in [6.45, 7) is 0.638. The fraction of sp³-hybridized carbons (Fsp3) is 0.333. The van der Waals surface area contributed by atoms with Crippen molar-refractivity contribution in [3.8, 4) is 0 Å². The number of aliphatic hydroxyl groups is 1. The Kier molecular flexibility index (Phi) is 4.20. The second kappa shape index (κ2) is 5.85. The minimum absolute atomic E-state index is 0.0951. The molecule has 0 amide bonds. The summed E-state index contributed by atoms with van der Waals surface area (Å²) in [7, 11) is -3.84. The lowest BCUT2D eigenvalue weighted by atomic mass is 9.96. The summed E-state index contributed by atoms with van der Waals surface area (Å²) in [5, 5.41) is 9.68. The Morgan fingerprint density at radius 3 is 2.08 bits per heavy atom. The average molecular weight is 370 g/mol. The molecule has 0 aliphatic heterocycles. The van der Waals surface area contributed by atoms with Crippen molar-refractivity contribution in [3.63, 3.8) is 0 Å². The second-order valence-corrected chi connectivity index (χ2v) is 8.33. The van der Waals surface area contributed by atoms with Crippen LogP contribution in [-0.2, 0) is 15.4 Å². The molecule has 1 N–H and O–H groups in total. The van der Waals surface area contributed by atoms with E-state index in [1.165, 1.54) is 6.07 Å². The highest BCUT2D eigenvalue weighted by molar-refractivity contribution is 7.91. The smallest absolute Gasteiger partial charge is 0.376 e. The third kappa shape index (κ3) is 3.18. The Hall–Kier alpha value is -1.86. The van der Waals surface area contributed by atoms with E-state index in [2.05, 4.69) is 0 Å². The Labute approximate surface area is 144 Å². The molecule has 7 heteroatoms. The number of hydrogen-bond acceptors (Lipinski definition) is 3. The topological polar surface area (TPSA) is 54.4 Å². The first kappa shape index (κ1) is 17.9. The van der Waals surface area contributed by atoms with Crippen LogP contribution in [0.1, 0.15) is 36.8 Å². The van der Waals surface area contributed by atoms with Gasteiger partial charge in [-0.1, -0.05) is 30.3 Å². The van der Waals surface area contributed by atoms with Crippen LogP contribution >= 0.6 is 0 Å². The zero-order valence-electron chi connectivity index (χ0n) is 13.4. The van der Waals surface area contributed by atoms with Gasteiger partial charge in [0.1, 0.15) is 0 Å². The largest absolute Gasteiger partial charge is 0.421 e. The van der Waals surface area contributed by atoms with Crippen molar-refractivity contribution in [2.45, 2.75) is 47.3 Å². The molecule has 2 aromatic rings. The lowest BCUT2D eigenvalue weighted by Crippen LogP contribution is -2.39. The first-order valence-electron chi connectivity index (χ1n) is 7.79. The molecule has 3 nitrogen and oxygen atoms in total. The van der Waals surface area contributed by atoms with E-state index < -0.39 is 27.2 Å². The summed E-state index contributed by atoms with van der Waals surface area (Å²) >= 11 is 0. The molecule has 1 aliphatic carbocycles. The van der Waals surface area contributed by atoms with Crippen molar-refractivity contribution in [2.75, 3.05) is 0 Å². The Balaban J connectivity index is 2.00. The van der Waals surface area contributed by atoms with Crippen LogP contribution in [0.4, 0.5) is 13.2 Å². The van der Waals surface area contributed by atoms with Crippen molar-refractivity contribution in [1.29, 1.82) is 0 Å². The van der Waals surface area contributed by atoms with Gasteiger partial charge < -0.3 is 5.11 Å². The predicted octanol–water partition coefficient (Wildman–Crippen LogP) is 4.17. The van der Waals surface area contributed by atoms with Gasteiger partial charge >= 0.3 is 6.18 Å². The molecular weight excluding hydrogens is 353 g/mol. The Morgan fingerprint density at radius 2 is 1.56 bits per heavy atom. The van der Waals surface area contributed by atoms with E-state index in [4.69, 9.17) is 0 Å². The van der Waals surface area contributed by atoms with E-state index in [9.17, 15) is 26.7 Å². The highest BCUT2D eigenvalue weighted by Crippen LogP contribution is 2.44. The standard InChI is InChI=1S/C18H17F3O3S/c1-17(22,18(19,20)21)13-8-10-14(11-9-13)25(23,24)16-5-3-2-4-15(16)12-6-7-12/h2-5,8-12,22H,6-7H2,1H3/t17-/m1/s1. The monoisotopic (exact) mass is 370 g/mol. The summed E-state index contributed by atoms with van der Waals surface area (Å²) in [6.07, 6.45) is -2.99. The van der Waals surface area contributed by atoms with Gasteiger partial charge in [0, 0.05) is 0 Å². The number of benzene rings is 2. The molecule has 0 bridgehead atoms. The van der Waals surface area contributed by atoms with E-state index in [1.807, 2.05) is 0 Å². The quantitative estimate of drug-likeness (QED) is 0.879. The Bertz CT molecular complexity index is 881. The van der Waals surface area contributed by atoms with Gasteiger partial charge in [0.25, 0.3) is 0 Å². The van der Waals surface area contributed by atoms with Gasteiger partial charge in [0.15, 0.2) is 5.60 Å². The molecule has 0 spiro atoms. The molecule has 0 radical (unpaired) electrons. The van der Waals surface area contributed by atoms with Crippen molar-refractivity contribution >= 4 is 9.84 Å². The maximum absolute atomic E-state index is 12.9. The van der Waals surface area contributed by atoms with Gasteiger partial charge in [-0.05, 0) is 55.0 Å². The van der Waals surface area contributed by atoms with Crippen LogP contribution in [0, 0.1) is 0 Å². The maximum atomic E-state index is 12.9. The zero-order valence-corrected chi connectivity index (χ0v) is 14.2. The van der Waals surface area contributed by atoms with Gasteiger partial charge in [-0.25, -0.2) is 8.42 Å². The summed E-state index contributed by atoms with van der Waals surface area (Å²) in [5.74, 6) is 0.219. The lowest BCUT2D eigenvalue weighted by Gasteiger charge is -2.26. The van der Waals surface area contributed by atoms with Crippen LogP contribution in [0.2, 0.25) is 0 Å². The van der Waals surface area contributed by atoms with Crippen molar-refractivity contribution in [3.05, 3.63) is 59.7 Å². The molecular formula is C18H17F3O3S. The number of sulfone groups is 1. The van der Waals surface area contributed by atoms with Crippen LogP contribution in [0.25, 0.3) is 0 Å². The predicted molar refractivity (Wildman–Crippen MR) is 85.9 cm³/mol. The summed E-state index contributed by atoms with van der Waals surface area (Å²) < 4.78 is 64.4. The van der Waals surface area contributed by atoms with Crippen LogP contribution in [0.5, 0.6) is 0 Å². The van der Waals surface area contributed by atoms with E-state index in [-0.39, 0.29) is 15.7 Å². The first-order valence-corrected chi connectivity index (χ1v) is 9.27. The SMILES string of the molecule is C[C@@](O)(c1ccc(S(=O)(=O)c2ccccc2C2CC2)cc1)C(F)(F)F. The van der Waals surface area contributed by atoms with Gasteiger partial charge in [-0.15, -0.1) is 0 Å². The van der Waals surface area contributed by atoms with E-state index in [1.54, 1.807) is 18.2 Å². The minimum atomic E-state index is -4.86. The molecule has 0 saturated heterocycles. The number of alkyl halides is 3. The third-order valence-electron chi connectivity index (χ3n) is 4.50. The van der Waals surface area contributed by atoms with Gasteiger partial charge in [-0.2, -0.15) is 13.2 Å². The summed E-state index contributed by atoms with van der Waals surface area (Å²) in [5.41, 5.74) is -2.70. The molecule has 0 aromatic heterocycles. The van der Waals surface area contributed by atoms with Crippen LogP contribution in [0.3, 0.4) is 0 Å². The summed E-state index contributed by atoms with van der Waals surface area (Å²) in [6, 6.07) is 10.9. The number of halogens is 3. The van der Waals surface area contributed by atoms with Gasteiger partial charge in [0.05, 0.1) is 9.79 Å². The van der Waals surface area contributed by atoms with E-state index in [0.29, 0.717) is 6.92 Å². The molecule has 25 heavy (non-hydrogen) atoms. The molecule has 0 unspecified atom stereocenters. The molecule has 0 heterocycles. The fourth-order valence-electron chi connectivity index (χ4n) is 2.71. The van der Waals surface area contributed by atoms with E-state index >= 15 is 0 Å². The third-order valence-corrected chi connectivity index (χ3v) is 6.35. The van der Waals surface area contributed by atoms with Crippen LogP contribution < -0.4 is 0 Å². The van der Waals surface area contributed by atoms with Crippen LogP contribution in [-0.4, -0.2) is 19.7 Å². The Morgan fingerprint density at radius 1 is 1.00 bits per heavy atom. The molecule has 1 aliphatic rings. The number of hydrogen-bond donors (Lipinski definition) is 1. The summed E-state index contributed by atoms with van der Waals surface area (Å²) in [4.78, 5) is 0.0927. The van der Waals surface area contributed by atoms with Crippen LogP contribution in [0.15, 0.2) is 58.3 Å². The molecule has 3 rings (SSSR count). The van der Waals surface area contributed by atoms with Crippen molar-refractivity contribution in [2.24, 2.45) is 0 Å². The highest BCUT2D eigenvalue weighted by atomic mass is 32.2. The molecule has 1 atom stereocenters. The zero-order chi connectivity index (χ0) is 18.5. The second-order valence-electron chi connectivity index (χ2n) is 6.41. The lowest BCUT2D eigenvalue weighted by molar-refractivity contribution is -0.258. The number of rotatable bonds is 4. The molecule has 1 saturated carbocycles.